The minimum atomic E-state index is -0.697. The van der Waals surface area contributed by atoms with Gasteiger partial charge in [-0.1, -0.05) is 0 Å². The SMILES string of the molecule is CNC(=O)c1ncn2c1CCC(c1c(F)ccc(N)c1F)C2C. The van der Waals surface area contributed by atoms with Crippen molar-refractivity contribution in [2.24, 2.45) is 0 Å². The Labute approximate surface area is 132 Å². The van der Waals surface area contributed by atoms with Crippen molar-refractivity contribution in [3.63, 3.8) is 0 Å². The summed E-state index contributed by atoms with van der Waals surface area (Å²) in [7, 11) is 1.54. The van der Waals surface area contributed by atoms with Gasteiger partial charge < -0.3 is 15.6 Å². The second-order valence-corrected chi connectivity index (χ2v) is 5.78. The van der Waals surface area contributed by atoms with E-state index < -0.39 is 11.6 Å². The highest BCUT2D eigenvalue weighted by atomic mass is 19.1. The molecule has 1 amide bonds. The molecule has 0 spiro atoms. The van der Waals surface area contributed by atoms with Crippen molar-refractivity contribution in [1.82, 2.24) is 14.9 Å². The van der Waals surface area contributed by atoms with Crippen molar-refractivity contribution in [3.05, 3.63) is 47.0 Å². The Morgan fingerprint density at radius 3 is 2.87 bits per heavy atom. The third kappa shape index (κ3) is 2.36. The third-order valence-corrected chi connectivity index (χ3v) is 4.58. The van der Waals surface area contributed by atoms with E-state index in [1.54, 1.807) is 13.4 Å². The molecule has 2 atom stereocenters. The van der Waals surface area contributed by atoms with Crippen LogP contribution in [-0.4, -0.2) is 22.5 Å². The molecule has 122 valence electrons. The predicted molar refractivity (Wildman–Crippen MR) is 82.2 cm³/mol. The number of nitrogen functional groups attached to an aromatic ring is 1. The molecular formula is C16H18F2N4O. The number of nitrogens with two attached hydrogens (primary N) is 1. The van der Waals surface area contributed by atoms with Gasteiger partial charge in [0.2, 0.25) is 0 Å². The number of aromatic nitrogens is 2. The number of rotatable bonds is 2. The van der Waals surface area contributed by atoms with E-state index in [1.807, 2.05) is 11.5 Å². The molecule has 3 N–H and O–H groups in total. The highest BCUT2D eigenvalue weighted by Crippen LogP contribution is 2.41. The Kier molecular flexibility index (Phi) is 3.79. The molecule has 23 heavy (non-hydrogen) atoms. The molecule has 0 aliphatic carbocycles. The summed E-state index contributed by atoms with van der Waals surface area (Å²) in [4.78, 5) is 16.0. The Bertz CT molecular complexity index is 772. The number of benzene rings is 1. The molecule has 1 aliphatic rings. The first kappa shape index (κ1) is 15.5. The summed E-state index contributed by atoms with van der Waals surface area (Å²) in [5.74, 6) is -1.91. The van der Waals surface area contributed by atoms with E-state index in [0.29, 0.717) is 18.5 Å². The van der Waals surface area contributed by atoms with Crippen LogP contribution in [0.5, 0.6) is 0 Å². The number of carbonyl (C=O) groups excluding carboxylic acids is 1. The number of amides is 1. The Balaban J connectivity index is 2.03. The maximum Gasteiger partial charge on any atom is 0.271 e. The minimum Gasteiger partial charge on any atom is -0.396 e. The second-order valence-electron chi connectivity index (χ2n) is 5.78. The lowest BCUT2D eigenvalue weighted by atomic mass is 9.83. The fraction of sp³-hybridized carbons (Fsp3) is 0.375. The van der Waals surface area contributed by atoms with Gasteiger partial charge in [0.25, 0.3) is 5.91 Å². The average Bonchev–Trinajstić information content (AvgIpc) is 2.97. The number of anilines is 1. The van der Waals surface area contributed by atoms with E-state index in [2.05, 4.69) is 10.3 Å². The van der Waals surface area contributed by atoms with Gasteiger partial charge in [0.15, 0.2) is 5.82 Å². The van der Waals surface area contributed by atoms with Gasteiger partial charge in [-0.25, -0.2) is 13.8 Å². The molecule has 1 aromatic heterocycles. The summed E-state index contributed by atoms with van der Waals surface area (Å²) >= 11 is 0. The molecule has 2 aromatic rings. The maximum absolute atomic E-state index is 14.3. The van der Waals surface area contributed by atoms with Crippen LogP contribution in [0, 0.1) is 11.6 Å². The lowest BCUT2D eigenvalue weighted by molar-refractivity contribution is 0.0957. The van der Waals surface area contributed by atoms with Gasteiger partial charge in [-0.2, -0.15) is 0 Å². The van der Waals surface area contributed by atoms with E-state index >= 15 is 0 Å². The number of nitrogens with zero attached hydrogens (tertiary/aromatic N) is 2. The molecule has 0 saturated heterocycles. The lowest BCUT2D eigenvalue weighted by Crippen LogP contribution is -2.27. The first-order chi connectivity index (χ1) is 11.0. The summed E-state index contributed by atoms with van der Waals surface area (Å²) in [5, 5.41) is 2.55. The van der Waals surface area contributed by atoms with Crippen LogP contribution in [-0.2, 0) is 6.42 Å². The van der Waals surface area contributed by atoms with E-state index in [-0.39, 0.29) is 29.1 Å². The molecule has 0 radical (unpaired) electrons. The van der Waals surface area contributed by atoms with Crippen LogP contribution in [0.4, 0.5) is 14.5 Å². The molecule has 0 fully saturated rings. The smallest absolute Gasteiger partial charge is 0.271 e. The van der Waals surface area contributed by atoms with E-state index in [0.717, 1.165) is 5.69 Å². The molecular weight excluding hydrogens is 302 g/mol. The molecule has 0 bridgehead atoms. The maximum atomic E-state index is 14.3. The molecule has 5 nitrogen and oxygen atoms in total. The van der Waals surface area contributed by atoms with Crippen molar-refractivity contribution in [2.45, 2.75) is 31.7 Å². The van der Waals surface area contributed by atoms with Gasteiger partial charge in [0, 0.05) is 24.6 Å². The second kappa shape index (κ2) is 5.64. The molecule has 3 rings (SSSR count). The number of fused-ring (bicyclic) bond motifs is 1. The van der Waals surface area contributed by atoms with Gasteiger partial charge >= 0.3 is 0 Å². The van der Waals surface area contributed by atoms with Crippen LogP contribution in [0.15, 0.2) is 18.5 Å². The Hall–Kier alpha value is -2.44. The fourth-order valence-electron chi connectivity index (χ4n) is 3.33. The van der Waals surface area contributed by atoms with Gasteiger partial charge in [0.05, 0.1) is 17.7 Å². The number of hydrogen-bond donors (Lipinski definition) is 2. The van der Waals surface area contributed by atoms with Crippen molar-refractivity contribution >= 4 is 11.6 Å². The van der Waals surface area contributed by atoms with Crippen LogP contribution >= 0.6 is 0 Å². The summed E-state index contributed by atoms with van der Waals surface area (Å²) in [5.41, 5.74) is 6.69. The highest BCUT2D eigenvalue weighted by molar-refractivity contribution is 5.93. The predicted octanol–water partition coefficient (Wildman–Crippen LogP) is 2.39. The van der Waals surface area contributed by atoms with Crippen LogP contribution in [0.1, 0.15) is 47.1 Å². The number of nitrogens with one attached hydrogen (secondary N) is 1. The first-order valence-corrected chi connectivity index (χ1v) is 7.46. The van der Waals surface area contributed by atoms with Gasteiger partial charge in [0.1, 0.15) is 11.5 Å². The largest absolute Gasteiger partial charge is 0.396 e. The molecule has 1 aliphatic heterocycles. The highest BCUT2D eigenvalue weighted by Gasteiger charge is 2.34. The monoisotopic (exact) mass is 320 g/mol. The Morgan fingerprint density at radius 2 is 2.17 bits per heavy atom. The van der Waals surface area contributed by atoms with Gasteiger partial charge in [-0.05, 0) is 31.9 Å². The van der Waals surface area contributed by atoms with Gasteiger partial charge in [-0.15, -0.1) is 0 Å². The van der Waals surface area contributed by atoms with E-state index in [9.17, 15) is 13.6 Å². The first-order valence-electron chi connectivity index (χ1n) is 7.46. The molecule has 7 heteroatoms. The number of halogens is 2. The summed E-state index contributed by atoms with van der Waals surface area (Å²) in [6.07, 6.45) is 2.60. The van der Waals surface area contributed by atoms with Crippen LogP contribution in [0.2, 0.25) is 0 Å². The number of hydrogen-bond acceptors (Lipinski definition) is 3. The fourth-order valence-corrected chi connectivity index (χ4v) is 3.33. The molecule has 2 heterocycles. The quantitative estimate of drug-likeness (QED) is 0.835. The van der Waals surface area contributed by atoms with Gasteiger partial charge in [-0.3, -0.25) is 4.79 Å². The van der Waals surface area contributed by atoms with Crippen LogP contribution in [0.25, 0.3) is 0 Å². The van der Waals surface area contributed by atoms with Crippen molar-refractivity contribution < 1.29 is 13.6 Å². The number of imidazole rings is 1. The molecule has 1 aromatic carbocycles. The third-order valence-electron chi connectivity index (χ3n) is 4.58. The van der Waals surface area contributed by atoms with E-state index in [4.69, 9.17) is 5.73 Å². The number of carbonyl (C=O) groups is 1. The zero-order chi connectivity index (χ0) is 16.7. The molecule has 0 saturated carbocycles. The molecule has 2 unspecified atom stereocenters. The van der Waals surface area contributed by atoms with Crippen molar-refractivity contribution in [1.29, 1.82) is 0 Å². The zero-order valence-electron chi connectivity index (χ0n) is 12.9. The van der Waals surface area contributed by atoms with Crippen molar-refractivity contribution in [3.8, 4) is 0 Å². The summed E-state index contributed by atoms with van der Waals surface area (Å²) in [6.45, 7) is 1.87. The minimum absolute atomic E-state index is 0.0124. The topological polar surface area (TPSA) is 72.9 Å². The summed E-state index contributed by atoms with van der Waals surface area (Å²) < 4.78 is 30.3. The average molecular weight is 320 g/mol. The van der Waals surface area contributed by atoms with Crippen molar-refractivity contribution in [2.75, 3.05) is 12.8 Å². The van der Waals surface area contributed by atoms with Crippen LogP contribution < -0.4 is 11.1 Å². The normalized spacial score (nSPS) is 20.2. The van der Waals surface area contributed by atoms with Crippen LogP contribution in [0.3, 0.4) is 0 Å². The standard InChI is InChI=1S/C16H18F2N4O/c1-8-9(13-10(17)4-5-11(19)14(13)18)3-6-12-15(16(23)20-2)21-7-22(8)12/h4-5,7-9H,3,6,19H2,1-2H3,(H,20,23). The Morgan fingerprint density at radius 1 is 1.43 bits per heavy atom. The lowest BCUT2D eigenvalue weighted by Gasteiger charge is -2.32. The van der Waals surface area contributed by atoms with E-state index in [1.165, 1.54) is 12.1 Å². The zero-order valence-corrected chi connectivity index (χ0v) is 12.9. The summed E-state index contributed by atoms with van der Waals surface area (Å²) in [6, 6.07) is 2.20.